The molecule has 5 nitrogen and oxygen atoms in total. The van der Waals surface area contributed by atoms with Gasteiger partial charge in [-0.25, -0.2) is 9.00 Å². The second-order valence-electron chi connectivity index (χ2n) is 6.34. The largest absolute Gasteiger partial charge is 0.462 e. The third-order valence-electron chi connectivity index (χ3n) is 4.15. The summed E-state index contributed by atoms with van der Waals surface area (Å²) in [5, 5.41) is 0. The van der Waals surface area contributed by atoms with Crippen LogP contribution in [0.25, 0.3) is 0 Å². The van der Waals surface area contributed by atoms with Gasteiger partial charge in [0.05, 0.1) is 17.9 Å². The minimum atomic E-state index is -2.35. The van der Waals surface area contributed by atoms with E-state index in [-0.39, 0.29) is 5.69 Å². The molecular weight excluding hydrogens is 374 g/mol. The molecule has 0 spiro atoms. The zero-order valence-corrected chi connectivity index (χ0v) is 17.1. The van der Waals surface area contributed by atoms with Crippen LogP contribution in [0, 0.1) is 0 Å². The molecule has 0 aliphatic carbocycles. The number of anilines is 1. The lowest BCUT2D eigenvalue weighted by Gasteiger charge is -2.11. The minimum absolute atomic E-state index is 0.265. The molecular formula is C19H30ClNO4S. The van der Waals surface area contributed by atoms with E-state index in [9.17, 15) is 9.00 Å². The highest BCUT2D eigenvalue weighted by Gasteiger charge is 2.13. The van der Waals surface area contributed by atoms with E-state index in [2.05, 4.69) is 6.92 Å². The molecule has 0 aromatic heterocycles. The first-order chi connectivity index (χ1) is 12.6. The molecule has 148 valence electrons. The molecule has 1 rings (SSSR count). The van der Waals surface area contributed by atoms with E-state index in [4.69, 9.17) is 21.1 Å². The Bertz CT molecular complexity index is 556. The van der Waals surface area contributed by atoms with Crippen LogP contribution in [0.15, 0.2) is 24.3 Å². The van der Waals surface area contributed by atoms with E-state index in [1.165, 1.54) is 57.4 Å². The SMILES string of the molecule is CCCCCCCCCCCCOC(=O)c1cccc(N(Cl)S(=O)O)c1. The summed E-state index contributed by atoms with van der Waals surface area (Å²) < 4.78 is 25.8. The number of esters is 1. The van der Waals surface area contributed by atoms with E-state index >= 15 is 0 Å². The average molecular weight is 404 g/mol. The highest BCUT2D eigenvalue weighted by molar-refractivity contribution is 7.82. The Hall–Kier alpha value is -1.11. The summed E-state index contributed by atoms with van der Waals surface area (Å²) in [5.74, 6) is -0.448. The Kier molecular flexibility index (Phi) is 12.4. The van der Waals surface area contributed by atoms with Crippen molar-refractivity contribution in [1.29, 1.82) is 0 Å². The fraction of sp³-hybridized carbons (Fsp3) is 0.632. The van der Waals surface area contributed by atoms with Gasteiger partial charge >= 0.3 is 5.97 Å². The Morgan fingerprint density at radius 2 is 1.65 bits per heavy atom. The van der Waals surface area contributed by atoms with Gasteiger partial charge in [0.1, 0.15) is 0 Å². The van der Waals surface area contributed by atoms with Gasteiger partial charge in [0.2, 0.25) is 0 Å². The summed E-state index contributed by atoms with van der Waals surface area (Å²) in [7, 11) is 0. The summed E-state index contributed by atoms with van der Waals surface area (Å²) in [5.41, 5.74) is 0.576. The van der Waals surface area contributed by atoms with Crippen molar-refractivity contribution in [2.24, 2.45) is 0 Å². The lowest BCUT2D eigenvalue weighted by atomic mass is 10.1. The van der Waals surface area contributed by atoms with Crippen LogP contribution in [0.2, 0.25) is 0 Å². The first-order valence-corrected chi connectivity index (χ1v) is 10.8. The Morgan fingerprint density at radius 3 is 2.23 bits per heavy atom. The topological polar surface area (TPSA) is 66.8 Å². The molecule has 0 amide bonds. The van der Waals surface area contributed by atoms with E-state index in [0.29, 0.717) is 16.0 Å². The van der Waals surface area contributed by atoms with Crippen LogP contribution in [0.4, 0.5) is 5.69 Å². The van der Waals surface area contributed by atoms with Crippen LogP contribution in [0.1, 0.15) is 81.5 Å². The molecule has 0 radical (unpaired) electrons. The monoisotopic (exact) mass is 403 g/mol. The molecule has 1 aromatic carbocycles. The number of rotatable bonds is 14. The lowest BCUT2D eigenvalue weighted by molar-refractivity contribution is 0.0497. The number of nitrogens with zero attached hydrogens (tertiary/aromatic N) is 1. The second-order valence-corrected chi connectivity index (χ2v) is 7.71. The predicted octanol–water partition coefficient (Wildman–Crippen LogP) is 5.86. The van der Waals surface area contributed by atoms with Crippen molar-refractivity contribution in [1.82, 2.24) is 0 Å². The summed E-state index contributed by atoms with van der Waals surface area (Å²) in [6, 6.07) is 6.16. The van der Waals surface area contributed by atoms with Crippen LogP contribution in [-0.2, 0) is 16.0 Å². The molecule has 0 saturated carbocycles. The Labute approximate surface area is 164 Å². The van der Waals surface area contributed by atoms with Crippen molar-refractivity contribution in [3.8, 4) is 0 Å². The van der Waals surface area contributed by atoms with Crippen molar-refractivity contribution in [3.63, 3.8) is 0 Å². The molecule has 1 aromatic rings. The van der Waals surface area contributed by atoms with Crippen molar-refractivity contribution < 1.29 is 18.3 Å². The second kappa shape index (κ2) is 14.0. The molecule has 1 atom stereocenters. The first kappa shape index (κ1) is 22.9. The van der Waals surface area contributed by atoms with Crippen LogP contribution >= 0.6 is 11.8 Å². The van der Waals surface area contributed by atoms with Crippen LogP contribution < -0.4 is 3.82 Å². The van der Waals surface area contributed by atoms with Gasteiger partial charge in [-0.3, -0.25) is 4.55 Å². The third-order valence-corrected chi connectivity index (χ3v) is 5.19. The highest BCUT2D eigenvalue weighted by atomic mass is 35.5. The normalized spacial score (nSPS) is 12.0. The van der Waals surface area contributed by atoms with Gasteiger partial charge in [0.15, 0.2) is 0 Å². The van der Waals surface area contributed by atoms with Crippen molar-refractivity contribution >= 4 is 34.7 Å². The maximum atomic E-state index is 12.0. The van der Waals surface area contributed by atoms with Gasteiger partial charge in [-0.05, 0) is 24.6 Å². The number of hydrogen-bond acceptors (Lipinski definition) is 3. The fourth-order valence-electron chi connectivity index (χ4n) is 2.67. The molecule has 7 heteroatoms. The quantitative estimate of drug-likeness (QED) is 0.183. The third kappa shape index (κ3) is 9.55. The number of hydrogen-bond donors (Lipinski definition) is 1. The molecule has 1 unspecified atom stereocenters. The van der Waals surface area contributed by atoms with Crippen LogP contribution in [0.5, 0.6) is 0 Å². The number of benzene rings is 1. The van der Waals surface area contributed by atoms with Crippen molar-refractivity contribution in [3.05, 3.63) is 29.8 Å². The summed E-state index contributed by atoms with van der Waals surface area (Å²) >= 11 is 3.32. The minimum Gasteiger partial charge on any atom is -0.462 e. The smallest absolute Gasteiger partial charge is 0.338 e. The van der Waals surface area contributed by atoms with Crippen LogP contribution in [-0.4, -0.2) is 21.3 Å². The molecule has 0 heterocycles. The highest BCUT2D eigenvalue weighted by Crippen LogP contribution is 2.20. The number of ether oxygens (including phenoxy) is 1. The first-order valence-electron chi connectivity index (χ1n) is 9.40. The molecule has 0 saturated heterocycles. The molecule has 1 N–H and O–H groups in total. The molecule has 0 aliphatic rings. The van der Waals surface area contributed by atoms with Crippen LogP contribution in [0.3, 0.4) is 0 Å². The molecule has 26 heavy (non-hydrogen) atoms. The van der Waals surface area contributed by atoms with E-state index in [1.807, 2.05) is 0 Å². The van der Waals surface area contributed by atoms with E-state index in [0.717, 1.165) is 12.8 Å². The fourth-order valence-corrected chi connectivity index (χ4v) is 3.07. The molecule has 0 aliphatic heterocycles. The van der Waals surface area contributed by atoms with Gasteiger partial charge in [-0.15, -0.1) is 0 Å². The van der Waals surface area contributed by atoms with Gasteiger partial charge in [0, 0.05) is 11.8 Å². The predicted molar refractivity (Wildman–Crippen MR) is 108 cm³/mol. The number of carbonyl (C=O) groups excluding carboxylic acids is 1. The zero-order chi connectivity index (χ0) is 19.2. The van der Waals surface area contributed by atoms with Gasteiger partial charge < -0.3 is 4.74 Å². The van der Waals surface area contributed by atoms with Crippen molar-refractivity contribution in [2.45, 2.75) is 71.1 Å². The zero-order valence-electron chi connectivity index (χ0n) is 15.5. The summed E-state index contributed by atoms with van der Waals surface area (Å²) in [6.07, 6.45) is 12.3. The number of unbranched alkanes of at least 4 members (excludes halogenated alkanes) is 9. The van der Waals surface area contributed by atoms with E-state index in [1.54, 1.807) is 18.2 Å². The Balaban J connectivity index is 2.15. The lowest BCUT2D eigenvalue weighted by Crippen LogP contribution is -2.13. The number of carbonyl (C=O) groups is 1. The molecule has 0 bridgehead atoms. The van der Waals surface area contributed by atoms with Crippen molar-refractivity contribution in [2.75, 3.05) is 10.4 Å². The Morgan fingerprint density at radius 1 is 1.08 bits per heavy atom. The number of halogens is 1. The average Bonchev–Trinajstić information content (AvgIpc) is 2.65. The molecule has 0 fully saturated rings. The summed E-state index contributed by atoms with van der Waals surface area (Å²) in [6.45, 7) is 2.61. The van der Waals surface area contributed by atoms with Gasteiger partial charge in [-0.1, -0.05) is 70.8 Å². The maximum Gasteiger partial charge on any atom is 0.338 e. The van der Waals surface area contributed by atoms with Gasteiger partial charge in [0.25, 0.3) is 11.3 Å². The van der Waals surface area contributed by atoms with E-state index < -0.39 is 17.2 Å². The van der Waals surface area contributed by atoms with Gasteiger partial charge in [-0.2, -0.15) is 3.82 Å². The standard InChI is InChI=1S/C19H30ClNO4S/c1-2-3-4-5-6-7-8-9-10-11-15-25-19(22)17-13-12-14-18(16-17)21(20)26(23)24/h12-14,16H,2-11,15H2,1H3,(H,23,24). The summed E-state index contributed by atoms with van der Waals surface area (Å²) in [4.78, 5) is 12.0. The maximum absolute atomic E-state index is 12.0.